The van der Waals surface area contributed by atoms with Gasteiger partial charge in [-0.15, -0.1) is 0 Å². The van der Waals surface area contributed by atoms with Crippen LogP contribution in [0.3, 0.4) is 0 Å². The largest absolute Gasteiger partial charge is 0.244 e. The Morgan fingerprint density at radius 3 is 2.50 bits per heavy atom. The van der Waals surface area contributed by atoms with Crippen molar-refractivity contribution in [3.63, 3.8) is 0 Å². The fraction of sp³-hybridized carbons (Fsp3) is 0.583. The van der Waals surface area contributed by atoms with E-state index in [1.54, 1.807) is 0 Å². The summed E-state index contributed by atoms with van der Waals surface area (Å²) in [6.45, 7) is 5.46. The second kappa shape index (κ2) is 4.79. The molecule has 0 aromatic carbocycles. The molecule has 0 unspecified atom stereocenters. The molecule has 1 aromatic heterocycles. The quantitative estimate of drug-likeness (QED) is 0.786. The predicted octanol–water partition coefficient (Wildman–Crippen LogP) is 2.55. The van der Waals surface area contributed by atoms with Crippen LogP contribution in [-0.2, 0) is 10.0 Å². The molecule has 1 fully saturated rings. The lowest BCUT2D eigenvalue weighted by molar-refractivity contribution is 0.196. The van der Waals surface area contributed by atoms with E-state index in [4.69, 9.17) is 11.6 Å². The highest BCUT2D eigenvalue weighted by atomic mass is 35.5. The minimum atomic E-state index is -3.43. The first-order valence-electron chi connectivity index (χ1n) is 5.93. The maximum Gasteiger partial charge on any atom is 0.243 e. The molecule has 18 heavy (non-hydrogen) atoms. The van der Waals surface area contributed by atoms with Crippen LogP contribution in [0.4, 0.5) is 0 Å². The zero-order chi connectivity index (χ0) is 13.4. The van der Waals surface area contributed by atoms with Crippen molar-refractivity contribution >= 4 is 21.6 Å². The zero-order valence-electron chi connectivity index (χ0n) is 10.6. The van der Waals surface area contributed by atoms with Gasteiger partial charge in [0.2, 0.25) is 10.0 Å². The van der Waals surface area contributed by atoms with E-state index in [9.17, 15) is 8.42 Å². The molecule has 6 heteroatoms. The fourth-order valence-electron chi connectivity index (χ4n) is 2.03. The van der Waals surface area contributed by atoms with Gasteiger partial charge in [0.15, 0.2) is 0 Å². The average Bonchev–Trinajstić information content (AvgIpc) is 2.28. The predicted molar refractivity (Wildman–Crippen MR) is 71.0 cm³/mol. The summed E-state index contributed by atoms with van der Waals surface area (Å²) in [6, 6.07) is 2.89. The third-order valence-electron chi connectivity index (χ3n) is 3.41. The van der Waals surface area contributed by atoms with Gasteiger partial charge in [-0.25, -0.2) is 13.4 Å². The molecule has 0 radical (unpaired) electrons. The number of hydrogen-bond donors (Lipinski definition) is 0. The number of halogens is 1. The molecule has 2 rings (SSSR count). The van der Waals surface area contributed by atoms with E-state index in [-0.39, 0.29) is 15.5 Å². The van der Waals surface area contributed by atoms with E-state index >= 15 is 0 Å². The summed E-state index contributed by atoms with van der Waals surface area (Å²) < 4.78 is 26.3. The minimum Gasteiger partial charge on any atom is -0.244 e. The van der Waals surface area contributed by atoms with Gasteiger partial charge < -0.3 is 0 Å². The van der Waals surface area contributed by atoms with Crippen molar-refractivity contribution in [3.8, 4) is 0 Å². The van der Waals surface area contributed by atoms with E-state index < -0.39 is 10.0 Å². The van der Waals surface area contributed by atoms with Gasteiger partial charge in [0.25, 0.3) is 0 Å². The van der Waals surface area contributed by atoms with Gasteiger partial charge >= 0.3 is 0 Å². The van der Waals surface area contributed by atoms with Crippen molar-refractivity contribution in [2.75, 3.05) is 13.1 Å². The molecule has 1 saturated heterocycles. The topological polar surface area (TPSA) is 50.3 Å². The Bertz CT molecular complexity index is 533. The second-order valence-electron chi connectivity index (χ2n) is 5.38. The van der Waals surface area contributed by atoms with Crippen molar-refractivity contribution in [1.29, 1.82) is 0 Å². The Morgan fingerprint density at radius 2 is 1.94 bits per heavy atom. The third-order valence-corrected chi connectivity index (χ3v) is 5.51. The first kappa shape index (κ1) is 13.8. The Morgan fingerprint density at radius 1 is 1.33 bits per heavy atom. The number of sulfonamides is 1. The zero-order valence-corrected chi connectivity index (χ0v) is 12.1. The van der Waals surface area contributed by atoms with Crippen LogP contribution in [0.1, 0.15) is 26.7 Å². The number of nitrogens with zero attached hydrogens (tertiary/aromatic N) is 2. The van der Waals surface area contributed by atoms with Crippen molar-refractivity contribution in [3.05, 3.63) is 23.5 Å². The highest BCUT2D eigenvalue weighted by molar-refractivity contribution is 7.89. The second-order valence-corrected chi connectivity index (χ2v) is 7.71. The molecule has 2 heterocycles. The molecular weight excluding hydrogens is 272 g/mol. The molecule has 1 aromatic rings. The molecule has 0 atom stereocenters. The molecule has 0 saturated carbocycles. The van der Waals surface area contributed by atoms with Crippen LogP contribution in [0.15, 0.2) is 23.2 Å². The summed E-state index contributed by atoms with van der Waals surface area (Å²) in [5.41, 5.74) is 0.224. The maximum absolute atomic E-state index is 12.4. The van der Waals surface area contributed by atoms with Crippen LogP contribution in [0.5, 0.6) is 0 Å². The van der Waals surface area contributed by atoms with Gasteiger partial charge in [0.05, 0.1) is 4.90 Å². The van der Waals surface area contributed by atoms with Gasteiger partial charge in [-0.1, -0.05) is 25.4 Å². The Balaban J connectivity index is 2.23. The third kappa shape index (κ3) is 2.84. The smallest absolute Gasteiger partial charge is 0.243 e. The molecule has 0 aliphatic carbocycles. The molecule has 0 N–H and O–H groups in total. The van der Waals surface area contributed by atoms with Crippen LogP contribution in [0.25, 0.3) is 0 Å². The average molecular weight is 289 g/mol. The van der Waals surface area contributed by atoms with Crippen molar-refractivity contribution < 1.29 is 8.42 Å². The molecule has 0 amide bonds. The normalized spacial score (nSPS) is 20.8. The summed E-state index contributed by atoms with van der Waals surface area (Å²) in [7, 11) is -3.43. The van der Waals surface area contributed by atoms with Crippen molar-refractivity contribution in [1.82, 2.24) is 9.29 Å². The number of pyridine rings is 1. The van der Waals surface area contributed by atoms with Gasteiger partial charge in [-0.2, -0.15) is 4.31 Å². The summed E-state index contributed by atoms with van der Waals surface area (Å²) in [5.74, 6) is 0. The van der Waals surface area contributed by atoms with Gasteiger partial charge in [-0.05, 0) is 30.4 Å². The molecule has 0 bridgehead atoms. The van der Waals surface area contributed by atoms with Crippen molar-refractivity contribution in [2.45, 2.75) is 31.6 Å². The molecule has 100 valence electrons. The first-order valence-corrected chi connectivity index (χ1v) is 7.75. The molecular formula is C12H17ClN2O2S. The summed E-state index contributed by atoms with van der Waals surface area (Å²) in [6.07, 6.45) is 3.18. The monoisotopic (exact) mass is 288 g/mol. The maximum atomic E-state index is 12.4. The Hall–Kier alpha value is -0.650. The van der Waals surface area contributed by atoms with Crippen LogP contribution in [-0.4, -0.2) is 30.8 Å². The minimum absolute atomic E-state index is 0.202. The Kier molecular flexibility index (Phi) is 3.67. The van der Waals surface area contributed by atoms with Gasteiger partial charge in [0.1, 0.15) is 5.15 Å². The molecule has 4 nitrogen and oxygen atoms in total. The number of piperidine rings is 1. The van der Waals surface area contributed by atoms with E-state index in [0.717, 1.165) is 12.8 Å². The van der Waals surface area contributed by atoms with Crippen LogP contribution < -0.4 is 0 Å². The van der Waals surface area contributed by atoms with Crippen LogP contribution >= 0.6 is 11.6 Å². The number of hydrogen-bond acceptors (Lipinski definition) is 3. The van der Waals surface area contributed by atoms with Gasteiger partial charge in [-0.3, -0.25) is 0 Å². The number of rotatable bonds is 2. The summed E-state index contributed by atoms with van der Waals surface area (Å²) >= 11 is 5.74. The summed E-state index contributed by atoms with van der Waals surface area (Å²) in [5, 5.41) is 0.202. The highest BCUT2D eigenvalue weighted by Gasteiger charge is 2.32. The number of aromatic nitrogens is 1. The molecule has 0 spiro atoms. The standard InChI is InChI=1S/C12H17ClN2O2S/c1-12(2)4-7-15(8-5-12)18(16,17)10-3-6-14-11(13)9-10/h3,6,9H,4-5,7-8H2,1-2H3. The lowest BCUT2D eigenvalue weighted by Crippen LogP contribution is -2.41. The van der Waals surface area contributed by atoms with E-state index in [0.29, 0.717) is 13.1 Å². The van der Waals surface area contributed by atoms with E-state index in [1.807, 2.05) is 0 Å². The lowest BCUT2D eigenvalue weighted by Gasteiger charge is -2.36. The fourth-order valence-corrected chi connectivity index (χ4v) is 3.72. The Labute approximate surface area is 113 Å². The summed E-state index contributed by atoms with van der Waals surface area (Å²) in [4.78, 5) is 4.03. The van der Waals surface area contributed by atoms with Gasteiger partial charge in [0, 0.05) is 19.3 Å². The molecule has 1 aliphatic heterocycles. The van der Waals surface area contributed by atoms with E-state index in [1.165, 1.54) is 22.6 Å². The highest BCUT2D eigenvalue weighted by Crippen LogP contribution is 2.32. The van der Waals surface area contributed by atoms with E-state index in [2.05, 4.69) is 18.8 Å². The SMILES string of the molecule is CC1(C)CCN(S(=O)(=O)c2ccnc(Cl)c2)CC1. The molecule has 1 aliphatic rings. The van der Waals surface area contributed by atoms with Crippen LogP contribution in [0.2, 0.25) is 5.15 Å². The lowest BCUT2D eigenvalue weighted by atomic mass is 9.83. The van der Waals surface area contributed by atoms with Crippen molar-refractivity contribution in [2.24, 2.45) is 5.41 Å². The van der Waals surface area contributed by atoms with Crippen LogP contribution in [0, 0.1) is 5.41 Å². The first-order chi connectivity index (χ1) is 8.31.